The standard InChI is InChI=1S/C6H12O.C4H4O4/c7-6-4-2-1-3-5-6;5-3(6)1-2-4(7)8/h6-7H,1-5H2;1-2H,(H,5,6)(H,7,8). The van der Waals surface area contributed by atoms with Crippen LogP contribution in [-0.4, -0.2) is 33.4 Å². The van der Waals surface area contributed by atoms with Gasteiger partial charge >= 0.3 is 11.9 Å². The molecule has 3 N–H and O–H groups in total. The number of carbonyl (C=O) groups is 2. The summed E-state index contributed by atoms with van der Waals surface area (Å²) in [5.74, 6) is -2.51. The van der Waals surface area contributed by atoms with Crippen molar-refractivity contribution in [2.24, 2.45) is 0 Å². The highest BCUT2D eigenvalue weighted by Gasteiger charge is 2.07. The van der Waals surface area contributed by atoms with Crippen LogP contribution in [0.5, 0.6) is 0 Å². The summed E-state index contributed by atoms with van der Waals surface area (Å²) in [5, 5.41) is 24.5. The molecule has 0 unspecified atom stereocenters. The van der Waals surface area contributed by atoms with Crippen molar-refractivity contribution < 1.29 is 24.9 Å². The molecule has 0 atom stereocenters. The van der Waals surface area contributed by atoms with Gasteiger partial charge in [0.2, 0.25) is 0 Å². The molecule has 1 aliphatic carbocycles. The third-order valence-electron chi connectivity index (χ3n) is 1.94. The quantitative estimate of drug-likeness (QED) is 0.599. The SMILES string of the molecule is O=C(O)C=CC(=O)O.OC1CCCCC1. The number of carboxylic acid groups (broad SMARTS) is 2. The van der Waals surface area contributed by atoms with Gasteiger partial charge in [-0.2, -0.15) is 0 Å². The maximum absolute atomic E-state index is 9.55. The minimum atomic E-state index is -1.26. The van der Waals surface area contributed by atoms with E-state index in [9.17, 15) is 9.59 Å². The fourth-order valence-electron chi connectivity index (χ4n) is 1.22. The lowest BCUT2D eigenvalue weighted by atomic mass is 9.98. The highest BCUT2D eigenvalue weighted by Crippen LogP contribution is 2.16. The first-order chi connectivity index (χ1) is 7.02. The van der Waals surface area contributed by atoms with Crippen LogP contribution in [0.4, 0.5) is 0 Å². The van der Waals surface area contributed by atoms with Crippen molar-refractivity contribution in [1.82, 2.24) is 0 Å². The molecule has 0 aromatic rings. The molecule has 15 heavy (non-hydrogen) atoms. The third-order valence-corrected chi connectivity index (χ3v) is 1.94. The van der Waals surface area contributed by atoms with Crippen molar-refractivity contribution in [2.45, 2.75) is 38.2 Å². The summed E-state index contributed by atoms with van der Waals surface area (Å²) in [5.41, 5.74) is 0. The minimum Gasteiger partial charge on any atom is -0.478 e. The third kappa shape index (κ3) is 10.6. The number of aliphatic carboxylic acids is 2. The van der Waals surface area contributed by atoms with Gasteiger partial charge < -0.3 is 15.3 Å². The van der Waals surface area contributed by atoms with Crippen molar-refractivity contribution in [3.8, 4) is 0 Å². The summed E-state index contributed by atoms with van der Waals surface area (Å²) < 4.78 is 0. The van der Waals surface area contributed by atoms with E-state index in [1.165, 1.54) is 19.3 Å². The Labute approximate surface area is 88.0 Å². The second kappa shape index (κ2) is 7.99. The van der Waals surface area contributed by atoms with E-state index in [4.69, 9.17) is 15.3 Å². The van der Waals surface area contributed by atoms with Gasteiger partial charge in [-0.15, -0.1) is 0 Å². The van der Waals surface area contributed by atoms with Crippen LogP contribution in [0.3, 0.4) is 0 Å². The van der Waals surface area contributed by atoms with Crippen LogP contribution in [0.2, 0.25) is 0 Å². The first kappa shape index (κ1) is 13.6. The van der Waals surface area contributed by atoms with Crippen LogP contribution >= 0.6 is 0 Å². The van der Waals surface area contributed by atoms with Gasteiger partial charge in [0.05, 0.1) is 6.10 Å². The maximum Gasteiger partial charge on any atom is 0.328 e. The first-order valence-electron chi connectivity index (χ1n) is 4.84. The Hall–Kier alpha value is -1.36. The number of rotatable bonds is 2. The number of hydrogen-bond donors (Lipinski definition) is 3. The molecule has 1 saturated carbocycles. The van der Waals surface area contributed by atoms with Crippen LogP contribution in [0, 0.1) is 0 Å². The molecule has 86 valence electrons. The Morgan fingerprint density at radius 2 is 1.33 bits per heavy atom. The van der Waals surface area contributed by atoms with Crippen LogP contribution in [0.1, 0.15) is 32.1 Å². The normalized spacial score (nSPS) is 16.9. The lowest BCUT2D eigenvalue weighted by Crippen LogP contribution is -2.09. The zero-order chi connectivity index (χ0) is 11.7. The zero-order valence-electron chi connectivity index (χ0n) is 8.43. The van der Waals surface area contributed by atoms with E-state index in [1.54, 1.807) is 0 Å². The molecule has 1 rings (SSSR count). The molecule has 0 amide bonds. The Bertz CT molecular complexity index is 212. The van der Waals surface area contributed by atoms with Crippen LogP contribution in [0.15, 0.2) is 12.2 Å². The second-order valence-corrected chi connectivity index (χ2v) is 3.30. The molecule has 0 bridgehead atoms. The van der Waals surface area contributed by atoms with Gasteiger partial charge in [-0.05, 0) is 12.8 Å². The van der Waals surface area contributed by atoms with Gasteiger partial charge in [-0.3, -0.25) is 0 Å². The molecule has 0 aromatic carbocycles. The molecule has 0 heterocycles. The van der Waals surface area contributed by atoms with E-state index < -0.39 is 11.9 Å². The smallest absolute Gasteiger partial charge is 0.328 e. The monoisotopic (exact) mass is 216 g/mol. The van der Waals surface area contributed by atoms with Crippen molar-refractivity contribution in [2.75, 3.05) is 0 Å². The van der Waals surface area contributed by atoms with Crippen molar-refractivity contribution in [1.29, 1.82) is 0 Å². The highest BCUT2D eigenvalue weighted by molar-refractivity contribution is 5.89. The highest BCUT2D eigenvalue weighted by atomic mass is 16.4. The molecular formula is C10H16O5. The Kier molecular flexibility index (Phi) is 7.27. The largest absolute Gasteiger partial charge is 0.478 e. The molecular weight excluding hydrogens is 200 g/mol. The van der Waals surface area contributed by atoms with E-state index in [1.807, 2.05) is 0 Å². The topological polar surface area (TPSA) is 94.8 Å². The second-order valence-electron chi connectivity index (χ2n) is 3.30. The van der Waals surface area contributed by atoms with Gasteiger partial charge in [-0.1, -0.05) is 19.3 Å². The average molecular weight is 216 g/mol. The van der Waals surface area contributed by atoms with Gasteiger partial charge in [0.25, 0.3) is 0 Å². The lowest BCUT2D eigenvalue weighted by molar-refractivity contribution is -0.134. The van der Waals surface area contributed by atoms with Crippen LogP contribution in [-0.2, 0) is 9.59 Å². The van der Waals surface area contributed by atoms with E-state index in [0.717, 1.165) is 12.8 Å². The van der Waals surface area contributed by atoms with E-state index in [2.05, 4.69) is 0 Å². The fraction of sp³-hybridized carbons (Fsp3) is 0.600. The summed E-state index contributed by atoms with van der Waals surface area (Å²) in [6, 6.07) is 0. The predicted octanol–water partition coefficient (Wildman–Crippen LogP) is 1.02. The van der Waals surface area contributed by atoms with Gasteiger partial charge in [0.1, 0.15) is 0 Å². The number of aliphatic hydroxyl groups excluding tert-OH is 1. The Morgan fingerprint density at radius 3 is 1.53 bits per heavy atom. The molecule has 0 aromatic heterocycles. The summed E-state index contributed by atoms with van der Waals surface area (Å²) in [6.45, 7) is 0. The maximum atomic E-state index is 9.55. The predicted molar refractivity (Wildman–Crippen MR) is 53.5 cm³/mol. The van der Waals surface area contributed by atoms with Crippen molar-refractivity contribution in [3.63, 3.8) is 0 Å². The van der Waals surface area contributed by atoms with E-state index in [0.29, 0.717) is 12.2 Å². The molecule has 5 nitrogen and oxygen atoms in total. The summed E-state index contributed by atoms with van der Waals surface area (Å²) in [4.78, 5) is 19.1. The molecule has 0 aliphatic heterocycles. The summed E-state index contributed by atoms with van der Waals surface area (Å²) in [6.07, 6.45) is 7.04. The van der Waals surface area contributed by atoms with Crippen molar-refractivity contribution >= 4 is 11.9 Å². The molecule has 0 spiro atoms. The van der Waals surface area contributed by atoms with Crippen molar-refractivity contribution in [3.05, 3.63) is 12.2 Å². The first-order valence-corrected chi connectivity index (χ1v) is 4.84. The Balaban J connectivity index is 0.000000262. The summed E-state index contributed by atoms with van der Waals surface area (Å²) >= 11 is 0. The van der Waals surface area contributed by atoms with Gasteiger partial charge in [0.15, 0.2) is 0 Å². The van der Waals surface area contributed by atoms with E-state index in [-0.39, 0.29) is 6.10 Å². The number of hydrogen-bond acceptors (Lipinski definition) is 3. The molecule has 5 heteroatoms. The summed E-state index contributed by atoms with van der Waals surface area (Å²) in [7, 11) is 0. The van der Waals surface area contributed by atoms with Gasteiger partial charge in [-0.25, -0.2) is 9.59 Å². The van der Waals surface area contributed by atoms with Crippen LogP contribution in [0.25, 0.3) is 0 Å². The number of carboxylic acids is 2. The molecule has 0 radical (unpaired) electrons. The molecule has 0 saturated heterocycles. The van der Waals surface area contributed by atoms with E-state index >= 15 is 0 Å². The average Bonchev–Trinajstić information content (AvgIpc) is 2.17. The minimum absolute atomic E-state index is 0.0359. The fourth-order valence-corrected chi connectivity index (χ4v) is 1.22. The number of aliphatic hydroxyl groups is 1. The Morgan fingerprint density at radius 1 is 0.933 bits per heavy atom. The molecule has 1 aliphatic rings. The van der Waals surface area contributed by atoms with Crippen LogP contribution < -0.4 is 0 Å². The lowest BCUT2D eigenvalue weighted by Gasteiger charge is -2.14. The van der Waals surface area contributed by atoms with Gasteiger partial charge in [0, 0.05) is 12.2 Å². The molecule has 1 fully saturated rings. The zero-order valence-corrected chi connectivity index (χ0v) is 8.43.